The molecule has 0 amide bonds. The molecular formula is C9H15. The van der Waals surface area contributed by atoms with Gasteiger partial charge in [0.25, 0.3) is 0 Å². The van der Waals surface area contributed by atoms with Crippen LogP contribution in [-0.4, -0.2) is 0 Å². The fourth-order valence-corrected chi connectivity index (χ4v) is 2.19. The Morgan fingerprint density at radius 2 is 1.44 bits per heavy atom. The van der Waals surface area contributed by atoms with Gasteiger partial charge < -0.3 is 0 Å². The van der Waals surface area contributed by atoms with Gasteiger partial charge in [0.2, 0.25) is 0 Å². The summed E-state index contributed by atoms with van der Waals surface area (Å²) in [5, 5.41) is 0. The summed E-state index contributed by atoms with van der Waals surface area (Å²) >= 11 is 0. The van der Waals surface area contributed by atoms with Crippen molar-refractivity contribution in [3.63, 3.8) is 0 Å². The fraction of sp³-hybridized carbons (Fsp3) is 0.889. The molecule has 51 valence electrons. The summed E-state index contributed by atoms with van der Waals surface area (Å²) in [6.45, 7) is 2.46. The minimum absolute atomic E-state index is 0.766. The Kier molecular flexibility index (Phi) is 1.12. The van der Waals surface area contributed by atoms with Crippen LogP contribution in [0.2, 0.25) is 0 Å². The van der Waals surface area contributed by atoms with E-state index in [4.69, 9.17) is 0 Å². The van der Waals surface area contributed by atoms with E-state index in [2.05, 4.69) is 6.92 Å². The molecule has 3 fully saturated rings. The van der Waals surface area contributed by atoms with E-state index < -0.39 is 0 Å². The van der Waals surface area contributed by atoms with Gasteiger partial charge >= 0.3 is 0 Å². The van der Waals surface area contributed by atoms with Crippen molar-refractivity contribution in [2.24, 2.45) is 5.41 Å². The van der Waals surface area contributed by atoms with E-state index in [-0.39, 0.29) is 0 Å². The summed E-state index contributed by atoms with van der Waals surface area (Å²) in [6.07, 6.45) is 8.83. The predicted octanol–water partition coefficient (Wildman–Crippen LogP) is 2.93. The predicted molar refractivity (Wildman–Crippen MR) is 39.1 cm³/mol. The molecule has 3 rings (SSSR count). The highest BCUT2D eigenvalue weighted by Gasteiger charge is 2.36. The number of fused-ring (bicyclic) bond motifs is 3. The zero-order valence-electron chi connectivity index (χ0n) is 6.24. The van der Waals surface area contributed by atoms with Crippen molar-refractivity contribution < 1.29 is 0 Å². The minimum atomic E-state index is 0.766. The maximum Gasteiger partial charge on any atom is -0.0240 e. The molecule has 0 N–H and O–H groups in total. The van der Waals surface area contributed by atoms with Gasteiger partial charge in [-0.05, 0) is 49.9 Å². The van der Waals surface area contributed by atoms with Crippen LogP contribution in [0.1, 0.15) is 45.4 Å². The van der Waals surface area contributed by atoms with E-state index in [9.17, 15) is 0 Å². The van der Waals surface area contributed by atoms with Crippen LogP contribution in [-0.2, 0) is 0 Å². The molecule has 0 unspecified atom stereocenters. The first-order chi connectivity index (χ1) is 4.29. The summed E-state index contributed by atoms with van der Waals surface area (Å²) in [5.41, 5.74) is 0.766. The lowest BCUT2D eigenvalue weighted by Crippen LogP contribution is -2.29. The van der Waals surface area contributed by atoms with Gasteiger partial charge in [-0.25, -0.2) is 0 Å². The maximum absolute atomic E-state index is 2.46. The summed E-state index contributed by atoms with van der Waals surface area (Å²) in [7, 11) is 0. The van der Waals surface area contributed by atoms with E-state index in [0.29, 0.717) is 0 Å². The second-order valence-electron chi connectivity index (χ2n) is 4.06. The third-order valence-electron chi connectivity index (χ3n) is 3.25. The molecule has 0 aromatic carbocycles. The lowest BCUT2D eigenvalue weighted by atomic mass is 9.62. The Morgan fingerprint density at radius 1 is 1.00 bits per heavy atom. The first-order valence-corrected chi connectivity index (χ1v) is 4.12. The Morgan fingerprint density at radius 3 is 1.67 bits per heavy atom. The van der Waals surface area contributed by atoms with Crippen molar-refractivity contribution in [3.05, 3.63) is 5.92 Å². The molecule has 0 heteroatoms. The molecule has 0 spiro atoms. The SMILES string of the molecule is CC12CC[C](CC1)CC2. The smallest absolute Gasteiger partial charge is 0.0240 e. The maximum atomic E-state index is 2.46. The molecule has 0 nitrogen and oxygen atoms in total. The Bertz CT molecular complexity index is 93.4. The van der Waals surface area contributed by atoms with Gasteiger partial charge in [0.05, 0.1) is 0 Å². The van der Waals surface area contributed by atoms with Crippen LogP contribution in [0.15, 0.2) is 0 Å². The summed E-state index contributed by atoms with van der Waals surface area (Å²) in [5.74, 6) is 1.86. The normalized spacial score (nSPS) is 33.0. The van der Waals surface area contributed by atoms with Gasteiger partial charge in [-0.2, -0.15) is 0 Å². The largest absolute Gasteiger partial charge is 0.0596 e. The quantitative estimate of drug-likeness (QED) is 0.464. The number of rotatable bonds is 0. The minimum Gasteiger partial charge on any atom is -0.0596 e. The molecule has 1 radical (unpaired) electrons. The standard InChI is InChI=1S/C9H15/c1-9-5-2-8(3-6-9)4-7-9/h2-7H2,1H3. The molecule has 0 saturated heterocycles. The topological polar surface area (TPSA) is 0 Å². The lowest BCUT2D eigenvalue weighted by Gasteiger charge is -2.43. The fourth-order valence-electron chi connectivity index (χ4n) is 2.19. The average Bonchev–Trinajstić information content (AvgIpc) is 1.90. The van der Waals surface area contributed by atoms with E-state index in [1.54, 1.807) is 0 Å². The van der Waals surface area contributed by atoms with Crippen LogP contribution >= 0.6 is 0 Å². The molecular weight excluding hydrogens is 108 g/mol. The van der Waals surface area contributed by atoms with Gasteiger partial charge in [0, 0.05) is 0 Å². The van der Waals surface area contributed by atoms with Crippen LogP contribution in [0.5, 0.6) is 0 Å². The molecule has 0 aliphatic heterocycles. The Hall–Kier alpha value is 0. The Labute approximate surface area is 57.6 Å². The van der Waals surface area contributed by atoms with Crippen LogP contribution in [0.25, 0.3) is 0 Å². The molecule has 0 atom stereocenters. The van der Waals surface area contributed by atoms with Gasteiger partial charge in [-0.3, -0.25) is 0 Å². The highest BCUT2D eigenvalue weighted by atomic mass is 14.4. The summed E-state index contributed by atoms with van der Waals surface area (Å²) in [6, 6.07) is 0. The lowest BCUT2D eigenvalue weighted by molar-refractivity contribution is 0.157. The van der Waals surface area contributed by atoms with Crippen LogP contribution in [0.4, 0.5) is 0 Å². The second-order valence-corrected chi connectivity index (χ2v) is 4.06. The van der Waals surface area contributed by atoms with Crippen molar-refractivity contribution in [1.82, 2.24) is 0 Å². The monoisotopic (exact) mass is 123 g/mol. The summed E-state index contributed by atoms with van der Waals surface area (Å²) < 4.78 is 0. The van der Waals surface area contributed by atoms with Crippen LogP contribution < -0.4 is 0 Å². The third-order valence-corrected chi connectivity index (χ3v) is 3.25. The van der Waals surface area contributed by atoms with Crippen molar-refractivity contribution in [2.75, 3.05) is 0 Å². The van der Waals surface area contributed by atoms with Crippen LogP contribution in [0.3, 0.4) is 0 Å². The molecule has 9 heavy (non-hydrogen) atoms. The average molecular weight is 123 g/mol. The molecule has 0 aromatic heterocycles. The molecule has 3 aliphatic carbocycles. The van der Waals surface area contributed by atoms with E-state index in [1.165, 1.54) is 38.5 Å². The van der Waals surface area contributed by atoms with Gasteiger partial charge in [-0.15, -0.1) is 0 Å². The van der Waals surface area contributed by atoms with E-state index >= 15 is 0 Å². The van der Waals surface area contributed by atoms with E-state index in [1.807, 2.05) is 5.92 Å². The molecule has 2 bridgehead atoms. The molecule has 3 saturated carbocycles. The van der Waals surface area contributed by atoms with Crippen molar-refractivity contribution >= 4 is 0 Å². The highest BCUT2D eigenvalue weighted by molar-refractivity contribution is 5.04. The van der Waals surface area contributed by atoms with Gasteiger partial charge in [0.1, 0.15) is 0 Å². The molecule has 0 heterocycles. The van der Waals surface area contributed by atoms with Crippen molar-refractivity contribution in [2.45, 2.75) is 45.4 Å². The first-order valence-electron chi connectivity index (χ1n) is 4.12. The molecule has 3 aliphatic rings. The highest BCUT2D eigenvalue weighted by Crippen LogP contribution is 2.50. The van der Waals surface area contributed by atoms with Crippen LogP contribution in [0, 0.1) is 11.3 Å². The van der Waals surface area contributed by atoms with Gasteiger partial charge in [-0.1, -0.05) is 6.92 Å². The van der Waals surface area contributed by atoms with Crippen molar-refractivity contribution in [1.29, 1.82) is 0 Å². The third kappa shape index (κ3) is 0.889. The van der Waals surface area contributed by atoms with Gasteiger partial charge in [0.15, 0.2) is 0 Å². The summed E-state index contributed by atoms with van der Waals surface area (Å²) in [4.78, 5) is 0. The molecule has 0 aromatic rings. The number of hydrogen-bond acceptors (Lipinski definition) is 0. The number of hydrogen-bond donors (Lipinski definition) is 0. The first kappa shape index (κ1) is 5.76. The Balaban J connectivity index is 2.11. The zero-order valence-corrected chi connectivity index (χ0v) is 6.24. The van der Waals surface area contributed by atoms with Crippen molar-refractivity contribution in [3.8, 4) is 0 Å². The van der Waals surface area contributed by atoms with E-state index in [0.717, 1.165) is 5.41 Å². The second kappa shape index (κ2) is 1.74. The zero-order chi connectivity index (χ0) is 6.32.